The van der Waals surface area contributed by atoms with Gasteiger partial charge in [0.1, 0.15) is 17.5 Å². The van der Waals surface area contributed by atoms with E-state index in [4.69, 9.17) is 9.47 Å². The predicted molar refractivity (Wildman–Crippen MR) is 114 cm³/mol. The van der Waals surface area contributed by atoms with Crippen LogP contribution in [0, 0.1) is 6.92 Å². The van der Waals surface area contributed by atoms with Gasteiger partial charge in [-0.3, -0.25) is 9.10 Å². The molecule has 0 bridgehead atoms. The number of hydrogen-bond donors (Lipinski definition) is 1. The van der Waals surface area contributed by atoms with E-state index >= 15 is 0 Å². The molecule has 8 heteroatoms. The molecule has 0 aliphatic carbocycles. The van der Waals surface area contributed by atoms with E-state index in [1.54, 1.807) is 19.1 Å². The van der Waals surface area contributed by atoms with Crippen LogP contribution in [0.4, 0.5) is 5.69 Å². The highest BCUT2D eigenvalue weighted by Crippen LogP contribution is 2.32. The first-order chi connectivity index (χ1) is 13.7. The normalized spacial score (nSPS) is 12.2. The third kappa shape index (κ3) is 5.87. The van der Waals surface area contributed by atoms with Crippen LogP contribution in [-0.2, 0) is 21.4 Å². The van der Waals surface area contributed by atoms with Gasteiger partial charge in [-0.05, 0) is 56.2 Å². The fourth-order valence-corrected chi connectivity index (χ4v) is 4.17. The Morgan fingerprint density at radius 1 is 1.21 bits per heavy atom. The largest absolute Gasteiger partial charge is 0.495 e. The Balaban J connectivity index is 2.24. The number of carbonyl (C=O) groups is 1. The van der Waals surface area contributed by atoms with Crippen molar-refractivity contribution < 1.29 is 22.7 Å². The van der Waals surface area contributed by atoms with Gasteiger partial charge in [-0.25, -0.2) is 8.42 Å². The van der Waals surface area contributed by atoms with Crippen molar-refractivity contribution in [2.24, 2.45) is 0 Å². The second kappa shape index (κ2) is 9.65. The summed E-state index contributed by atoms with van der Waals surface area (Å²) < 4.78 is 36.9. The van der Waals surface area contributed by atoms with E-state index in [1.807, 2.05) is 44.2 Å². The van der Waals surface area contributed by atoms with Crippen LogP contribution in [0.2, 0.25) is 0 Å². The average Bonchev–Trinajstić information content (AvgIpc) is 2.66. The van der Waals surface area contributed by atoms with E-state index in [0.717, 1.165) is 27.4 Å². The number of methoxy groups -OCH3 is 1. The number of benzene rings is 2. The van der Waals surface area contributed by atoms with Crippen LogP contribution >= 0.6 is 0 Å². The summed E-state index contributed by atoms with van der Waals surface area (Å²) in [6, 6.07) is 11.6. The Morgan fingerprint density at radius 3 is 2.55 bits per heavy atom. The Kier molecular flexibility index (Phi) is 7.50. The van der Waals surface area contributed by atoms with Crippen LogP contribution in [0.3, 0.4) is 0 Å². The predicted octanol–water partition coefficient (Wildman–Crippen LogP) is 2.87. The van der Waals surface area contributed by atoms with Crippen LogP contribution in [0.5, 0.6) is 11.5 Å². The molecule has 0 spiro atoms. The number of ether oxygens (including phenoxy) is 2. The Morgan fingerprint density at radius 2 is 1.93 bits per heavy atom. The number of nitrogens with zero attached hydrogens (tertiary/aromatic N) is 1. The van der Waals surface area contributed by atoms with Crippen molar-refractivity contribution in [1.29, 1.82) is 0 Å². The lowest BCUT2D eigenvalue weighted by atomic mass is 10.1. The summed E-state index contributed by atoms with van der Waals surface area (Å²) in [6.45, 7) is 6.10. The average molecular weight is 421 g/mol. The number of hydrogen-bond acceptors (Lipinski definition) is 5. The first kappa shape index (κ1) is 22.5. The molecule has 1 unspecified atom stereocenters. The molecule has 158 valence electrons. The maximum atomic E-state index is 12.8. The van der Waals surface area contributed by atoms with Gasteiger partial charge in [0.2, 0.25) is 15.9 Å². The van der Waals surface area contributed by atoms with Crippen LogP contribution < -0.4 is 19.1 Å². The second-order valence-electron chi connectivity index (χ2n) is 6.71. The highest BCUT2D eigenvalue weighted by molar-refractivity contribution is 7.92. The minimum absolute atomic E-state index is 0.257. The zero-order valence-electron chi connectivity index (χ0n) is 17.4. The number of carbonyl (C=O) groups excluding carboxylic acids is 1. The van der Waals surface area contributed by atoms with Crippen molar-refractivity contribution in [3.63, 3.8) is 0 Å². The monoisotopic (exact) mass is 420 g/mol. The lowest BCUT2D eigenvalue weighted by Crippen LogP contribution is -2.47. The van der Waals surface area contributed by atoms with Gasteiger partial charge in [-0.1, -0.05) is 18.2 Å². The first-order valence-corrected chi connectivity index (χ1v) is 11.2. The molecule has 0 saturated carbocycles. The quantitative estimate of drug-likeness (QED) is 0.674. The van der Waals surface area contributed by atoms with Crippen molar-refractivity contribution in [3.05, 3.63) is 53.6 Å². The number of rotatable bonds is 9. The highest BCUT2D eigenvalue weighted by Gasteiger charge is 2.31. The molecule has 29 heavy (non-hydrogen) atoms. The minimum atomic E-state index is -3.74. The number of aryl methyl sites for hydroxylation is 1. The van der Waals surface area contributed by atoms with Gasteiger partial charge in [0, 0.05) is 6.54 Å². The zero-order chi connectivity index (χ0) is 21.6. The van der Waals surface area contributed by atoms with E-state index in [2.05, 4.69) is 5.32 Å². The minimum Gasteiger partial charge on any atom is -0.495 e. The maximum absolute atomic E-state index is 12.8. The van der Waals surface area contributed by atoms with Gasteiger partial charge in [0.05, 0.1) is 25.7 Å². The van der Waals surface area contributed by atoms with Crippen LogP contribution in [0.25, 0.3) is 0 Å². The Labute approximate surface area is 172 Å². The van der Waals surface area contributed by atoms with Crippen LogP contribution in [-0.4, -0.2) is 40.3 Å². The summed E-state index contributed by atoms with van der Waals surface area (Å²) in [7, 11) is -2.27. The molecule has 1 N–H and O–H groups in total. The van der Waals surface area contributed by atoms with E-state index in [-0.39, 0.29) is 6.54 Å². The summed E-state index contributed by atoms with van der Waals surface area (Å²) in [5.41, 5.74) is 2.04. The molecule has 0 aliphatic rings. The topological polar surface area (TPSA) is 84.9 Å². The molecule has 7 nitrogen and oxygen atoms in total. The summed E-state index contributed by atoms with van der Waals surface area (Å²) in [4.78, 5) is 12.8. The molecule has 2 rings (SSSR count). The molecule has 1 atom stereocenters. The summed E-state index contributed by atoms with van der Waals surface area (Å²) in [6.07, 6.45) is 1.07. The van der Waals surface area contributed by atoms with Crippen LogP contribution in [0.15, 0.2) is 42.5 Å². The molecular formula is C21H28N2O5S. The molecule has 0 radical (unpaired) electrons. The van der Waals surface area contributed by atoms with Crippen LogP contribution in [0.1, 0.15) is 25.0 Å². The molecule has 0 heterocycles. The summed E-state index contributed by atoms with van der Waals surface area (Å²) in [5, 5.41) is 2.80. The van der Waals surface area contributed by atoms with Gasteiger partial charge >= 0.3 is 0 Å². The molecular weight excluding hydrogens is 392 g/mol. The summed E-state index contributed by atoms with van der Waals surface area (Å²) >= 11 is 0. The molecule has 0 fully saturated rings. The standard InChI is InChI=1S/C21H28N2O5S/c1-6-28-18-9-7-8-17(13-18)14-22-21(24)16(3)23(29(5,25)26)19-12-15(2)10-11-20(19)27-4/h7-13,16H,6,14H2,1-5H3,(H,22,24). The Bertz CT molecular complexity index is 959. The molecule has 0 aromatic heterocycles. The summed E-state index contributed by atoms with van der Waals surface area (Å²) in [5.74, 6) is 0.681. The van der Waals surface area contributed by atoms with E-state index < -0.39 is 22.0 Å². The van der Waals surface area contributed by atoms with Gasteiger partial charge < -0.3 is 14.8 Å². The fraction of sp³-hybridized carbons (Fsp3) is 0.381. The van der Waals surface area contributed by atoms with Crippen molar-refractivity contribution in [2.75, 3.05) is 24.3 Å². The van der Waals surface area contributed by atoms with Crippen molar-refractivity contribution in [3.8, 4) is 11.5 Å². The SMILES string of the molecule is CCOc1cccc(CNC(=O)C(C)N(c2cc(C)ccc2OC)S(C)(=O)=O)c1. The number of amides is 1. The number of nitrogens with one attached hydrogen (secondary N) is 1. The lowest BCUT2D eigenvalue weighted by Gasteiger charge is -2.29. The van der Waals surface area contributed by atoms with Gasteiger partial charge in [-0.15, -0.1) is 0 Å². The lowest BCUT2D eigenvalue weighted by molar-refractivity contribution is -0.122. The zero-order valence-corrected chi connectivity index (χ0v) is 18.2. The third-order valence-electron chi connectivity index (χ3n) is 4.34. The number of anilines is 1. The van der Waals surface area contributed by atoms with E-state index in [9.17, 15) is 13.2 Å². The van der Waals surface area contributed by atoms with E-state index in [0.29, 0.717) is 18.0 Å². The highest BCUT2D eigenvalue weighted by atomic mass is 32.2. The Hall–Kier alpha value is -2.74. The van der Waals surface area contributed by atoms with Gasteiger partial charge in [-0.2, -0.15) is 0 Å². The molecule has 2 aromatic rings. The van der Waals surface area contributed by atoms with Crippen molar-refractivity contribution >= 4 is 21.6 Å². The second-order valence-corrected chi connectivity index (χ2v) is 8.57. The van der Waals surface area contributed by atoms with E-state index in [1.165, 1.54) is 7.11 Å². The van der Waals surface area contributed by atoms with Crippen molar-refractivity contribution in [2.45, 2.75) is 33.4 Å². The molecule has 1 amide bonds. The fourth-order valence-electron chi connectivity index (χ4n) is 3.00. The number of sulfonamides is 1. The molecule has 0 saturated heterocycles. The maximum Gasteiger partial charge on any atom is 0.243 e. The smallest absolute Gasteiger partial charge is 0.243 e. The molecule has 2 aromatic carbocycles. The molecule has 0 aliphatic heterocycles. The van der Waals surface area contributed by atoms with Gasteiger partial charge in [0.15, 0.2) is 0 Å². The van der Waals surface area contributed by atoms with Gasteiger partial charge in [0.25, 0.3) is 0 Å². The third-order valence-corrected chi connectivity index (χ3v) is 5.56. The van der Waals surface area contributed by atoms with Crippen molar-refractivity contribution in [1.82, 2.24) is 5.32 Å². The first-order valence-electron chi connectivity index (χ1n) is 9.30.